The van der Waals surface area contributed by atoms with Crippen LogP contribution in [0.3, 0.4) is 0 Å². The molecule has 0 bridgehead atoms. The average Bonchev–Trinajstić information content (AvgIpc) is 2.25. The van der Waals surface area contributed by atoms with Crippen LogP contribution in [0.1, 0.15) is 6.92 Å². The smallest absolute Gasteiger partial charge is 0.226 e. The third-order valence-corrected chi connectivity index (χ3v) is 2.35. The van der Waals surface area contributed by atoms with Crippen LogP contribution in [0.25, 0.3) is 0 Å². The number of nitrogens with zero attached hydrogens (tertiary/aromatic N) is 4. The molecule has 0 aliphatic carbocycles. The SMILES string of the molecule is CN(C)CC(C)(O)CNc1ccnc(N(C)C)n1. The molecule has 1 aromatic heterocycles. The largest absolute Gasteiger partial charge is 0.387 e. The Morgan fingerprint density at radius 2 is 2.00 bits per heavy atom. The summed E-state index contributed by atoms with van der Waals surface area (Å²) in [6, 6.07) is 1.79. The summed E-state index contributed by atoms with van der Waals surface area (Å²) in [4.78, 5) is 12.3. The fourth-order valence-corrected chi connectivity index (χ4v) is 1.68. The molecule has 1 heterocycles. The molecular weight excluding hydrogens is 230 g/mol. The molecule has 0 aliphatic heterocycles. The van der Waals surface area contributed by atoms with E-state index in [-0.39, 0.29) is 0 Å². The Bertz CT molecular complexity index is 378. The molecule has 0 fully saturated rings. The van der Waals surface area contributed by atoms with Crippen molar-refractivity contribution in [1.82, 2.24) is 14.9 Å². The van der Waals surface area contributed by atoms with Crippen molar-refractivity contribution in [3.8, 4) is 0 Å². The van der Waals surface area contributed by atoms with Gasteiger partial charge >= 0.3 is 0 Å². The van der Waals surface area contributed by atoms with Gasteiger partial charge in [0.2, 0.25) is 5.95 Å². The number of anilines is 2. The van der Waals surface area contributed by atoms with Gasteiger partial charge in [-0.25, -0.2) is 4.98 Å². The van der Waals surface area contributed by atoms with Crippen LogP contribution in [-0.4, -0.2) is 66.9 Å². The normalized spacial score (nSPS) is 14.4. The Labute approximate surface area is 109 Å². The molecule has 6 nitrogen and oxygen atoms in total. The molecule has 0 amide bonds. The van der Waals surface area contributed by atoms with Crippen LogP contribution in [0.4, 0.5) is 11.8 Å². The minimum absolute atomic E-state index is 0.440. The van der Waals surface area contributed by atoms with Gasteiger partial charge in [0.05, 0.1) is 5.60 Å². The minimum Gasteiger partial charge on any atom is -0.387 e. The molecule has 0 spiro atoms. The lowest BCUT2D eigenvalue weighted by Crippen LogP contribution is -2.43. The number of hydrogen-bond donors (Lipinski definition) is 2. The third kappa shape index (κ3) is 4.85. The molecule has 18 heavy (non-hydrogen) atoms. The lowest BCUT2D eigenvalue weighted by Gasteiger charge is -2.27. The van der Waals surface area contributed by atoms with Crippen LogP contribution in [0.5, 0.6) is 0 Å². The van der Waals surface area contributed by atoms with Crippen molar-refractivity contribution in [2.24, 2.45) is 0 Å². The van der Waals surface area contributed by atoms with Crippen LogP contribution in [0.15, 0.2) is 12.3 Å². The van der Waals surface area contributed by atoms with Crippen LogP contribution < -0.4 is 10.2 Å². The highest BCUT2D eigenvalue weighted by Crippen LogP contribution is 2.10. The number of hydrogen-bond acceptors (Lipinski definition) is 6. The van der Waals surface area contributed by atoms with Gasteiger partial charge in [0.25, 0.3) is 0 Å². The zero-order valence-electron chi connectivity index (χ0n) is 11.8. The lowest BCUT2D eigenvalue weighted by molar-refractivity contribution is 0.0459. The maximum atomic E-state index is 10.2. The van der Waals surface area contributed by atoms with Crippen LogP contribution in [-0.2, 0) is 0 Å². The van der Waals surface area contributed by atoms with Gasteiger partial charge in [-0.15, -0.1) is 0 Å². The van der Waals surface area contributed by atoms with Gasteiger partial charge in [-0.3, -0.25) is 0 Å². The fraction of sp³-hybridized carbons (Fsp3) is 0.667. The van der Waals surface area contributed by atoms with Crippen LogP contribution >= 0.6 is 0 Å². The van der Waals surface area contributed by atoms with Crippen LogP contribution in [0, 0.1) is 0 Å². The van der Waals surface area contributed by atoms with E-state index in [4.69, 9.17) is 0 Å². The summed E-state index contributed by atoms with van der Waals surface area (Å²) in [5.41, 5.74) is -0.799. The highest BCUT2D eigenvalue weighted by Gasteiger charge is 2.21. The second-order valence-electron chi connectivity index (χ2n) is 5.22. The first-order chi connectivity index (χ1) is 8.30. The van der Waals surface area contributed by atoms with E-state index in [9.17, 15) is 5.11 Å². The van der Waals surface area contributed by atoms with Gasteiger partial charge in [-0.2, -0.15) is 4.98 Å². The van der Waals surface area contributed by atoms with E-state index in [1.54, 1.807) is 19.2 Å². The van der Waals surface area contributed by atoms with Crippen molar-refractivity contribution in [3.63, 3.8) is 0 Å². The molecule has 0 radical (unpaired) electrons. The van der Waals surface area contributed by atoms with Crippen LogP contribution in [0.2, 0.25) is 0 Å². The minimum atomic E-state index is -0.799. The molecule has 2 N–H and O–H groups in total. The summed E-state index contributed by atoms with van der Waals surface area (Å²) >= 11 is 0. The highest BCUT2D eigenvalue weighted by atomic mass is 16.3. The zero-order valence-corrected chi connectivity index (χ0v) is 11.8. The second kappa shape index (κ2) is 5.97. The van der Waals surface area contributed by atoms with Gasteiger partial charge < -0.3 is 20.2 Å². The summed E-state index contributed by atoms with van der Waals surface area (Å²) in [6.07, 6.45) is 1.70. The van der Waals surface area contributed by atoms with Crippen molar-refractivity contribution >= 4 is 11.8 Å². The Balaban J connectivity index is 2.60. The first-order valence-electron chi connectivity index (χ1n) is 5.91. The van der Waals surface area contributed by atoms with Gasteiger partial charge in [0.15, 0.2) is 0 Å². The topological polar surface area (TPSA) is 64.5 Å². The van der Waals surface area contributed by atoms with Crippen molar-refractivity contribution in [3.05, 3.63) is 12.3 Å². The Kier molecular flexibility index (Phi) is 4.86. The number of nitrogens with one attached hydrogen (secondary N) is 1. The average molecular weight is 253 g/mol. The summed E-state index contributed by atoms with van der Waals surface area (Å²) in [5, 5.41) is 13.3. The van der Waals surface area contributed by atoms with Crippen molar-refractivity contribution in [2.75, 3.05) is 51.5 Å². The van der Waals surface area contributed by atoms with Crippen molar-refractivity contribution in [1.29, 1.82) is 0 Å². The zero-order chi connectivity index (χ0) is 13.8. The molecule has 0 aromatic carbocycles. The molecule has 102 valence electrons. The molecule has 1 atom stereocenters. The maximum Gasteiger partial charge on any atom is 0.226 e. The third-order valence-electron chi connectivity index (χ3n) is 2.35. The second-order valence-corrected chi connectivity index (χ2v) is 5.22. The Morgan fingerprint density at radius 3 is 2.56 bits per heavy atom. The van der Waals surface area contributed by atoms with Gasteiger partial charge in [0.1, 0.15) is 5.82 Å². The molecule has 0 saturated carbocycles. The Hall–Kier alpha value is -1.40. The molecule has 6 heteroatoms. The standard InChI is InChI=1S/C12H23N5O/c1-12(18,9-16(2)3)8-14-10-6-7-13-11(15-10)17(4)5/h6-7,18H,8-9H2,1-5H3,(H,13,14,15). The fourth-order valence-electron chi connectivity index (χ4n) is 1.68. The van der Waals surface area contributed by atoms with E-state index >= 15 is 0 Å². The number of likely N-dealkylation sites (N-methyl/N-ethyl adjacent to an activating group) is 1. The van der Waals surface area contributed by atoms with Gasteiger partial charge in [-0.1, -0.05) is 0 Å². The van der Waals surface area contributed by atoms with E-state index in [0.717, 1.165) is 0 Å². The summed E-state index contributed by atoms with van der Waals surface area (Å²) < 4.78 is 0. The molecule has 0 aliphatic rings. The Morgan fingerprint density at radius 1 is 1.33 bits per heavy atom. The predicted octanol–water partition coefficient (Wildman–Crippen LogP) is 0.267. The van der Waals surface area contributed by atoms with Crippen molar-refractivity contribution in [2.45, 2.75) is 12.5 Å². The summed E-state index contributed by atoms with van der Waals surface area (Å²) in [7, 11) is 7.65. The van der Waals surface area contributed by atoms with E-state index in [2.05, 4.69) is 15.3 Å². The predicted molar refractivity (Wildman–Crippen MR) is 74.0 cm³/mol. The highest BCUT2D eigenvalue weighted by molar-refractivity contribution is 5.40. The number of aliphatic hydroxyl groups is 1. The first kappa shape index (κ1) is 14.7. The van der Waals surface area contributed by atoms with E-state index in [1.165, 1.54) is 0 Å². The summed E-state index contributed by atoms with van der Waals surface area (Å²) in [5.74, 6) is 1.36. The van der Waals surface area contributed by atoms with Crippen molar-refractivity contribution < 1.29 is 5.11 Å². The monoisotopic (exact) mass is 253 g/mol. The molecule has 1 aromatic rings. The van der Waals surface area contributed by atoms with E-state index in [0.29, 0.717) is 24.9 Å². The quantitative estimate of drug-likeness (QED) is 0.758. The van der Waals surface area contributed by atoms with Gasteiger partial charge in [0, 0.05) is 33.4 Å². The van der Waals surface area contributed by atoms with E-state index < -0.39 is 5.60 Å². The molecule has 0 saturated heterocycles. The number of aromatic nitrogens is 2. The maximum absolute atomic E-state index is 10.2. The lowest BCUT2D eigenvalue weighted by atomic mass is 10.1. The molecule has 1 rings (SSSR count). The molecular formula is C12H23N5O. The van der Waals surface area contributed by atoms with Gasteiger partial charge in [-0.05, 0) is 27.1 Å². The van der Waals surface area contributed by atoms with E-state index in [1.807, 2.05) is 38.0 Å². The first-order valence-corrected chi connectivity index (χ1v) is 5.91. The molecule has 1 unspecified atom stereocenters. The number of rotatable bonds is 6. The summed E-state index contributed by atoms with van der Waals surface area (Å²) in [6.45, 7) is 2.83.